The standard InChI is InChI=1S/C12H21ClN4/c1-10(2)7-17-11(14-9-16-17)6-15-12(8-13)4-3-5-12/h9-10,15H,3-8H2,1-2H3. The maximum absolute atomic E-state index is 6.02. The van der Waals surface area contributed by atoms with Crippen LogP contribution in [0.2, 0.25) is 0 Å². The summed E-state index contributed by atoms with van der Waals surface area (Å²) in [7, 11) is 0. The van der Waals surface area contributed by atoms with Crippen LogP contribution in [0.25, 0.3) is 0 Å². The van der Waals surface area contributed by atoms with Crippen LogP contribution >= 0.6 is 11.6 Å². The van der Waals surface area contributed by atoms with E-state index in [1.54, 1.807) is 6.33 Å². The third-order valence-corrected chi connectivity index (χ3v) is 3.93. The minimum Gasteiger partial charge on any atom is -0.303 e. The molecule has 0 unspecified atom stereocenters. The topological polar surface area (TPSA) is 42.7 Å². The number of hydrogen-bond donors (Lipinski definition) is 1. The van der Waals surface area contributed by atoms with Crippen LogP contribution in [0.5, 0.6) is 0 Å². The van der Waals surface area contributed by atoms with Crippen molar-refractivity contribution < 1.29 is 0 Å². The summed E-state index contributed by atoms with van der Waals surface area (Å²) >= 11 is 6.02. The van der Waals surface area contributed by atoms with E-state index in [-0.39, 0.29) is 5.54 Å². The van der Waals surface area contributed by atoms with Crippen LogP contribution in [-0.2, 0) is 13.1 Å². The highest BCUT2D eigenvalue weighted by Crippen LogP contribution is 2.32. The number of rotatable bonds is 6. The van der Waals surface area contributed by atoms with E-state index in [9.17, 15) is 0 Å². The van der Waals surface area contributed by atoms with Gasteiger partial charge in [-0.1, -0.05) is 13.8 Å². The van der Waals surface area contributed by atoms with Gasteiger partial charge in [0.2, 0.25) is 0 Å². The van der Waals surface area contributed by atoms with Crippen molar-refractivity contribution in [1.29, 1.82) is 0 Å². The molecule has 1 saturated carbocycles. The molecule has 1 heterocycles. The molecule has 0 aromatic carbocycles. The van der Waals surface area contributed by atoms with Crippen molar-refractivity contribution in [1.82, 2.24) is 20.1 Å². The van der Waals surface area contributed by atoms with E-state index in [0.717, 1.165) is 18.9 Å². The molecule has 17 heavy (non-hydrogen) atoms. The van der Waals surface area contributed by atoms with Crippen LogP contribution < -0.4 is 5.32 Å². The van der Waals surface area contributed by atoms with E-state index in [1.807, 2.05) is 4.68 Å². The zero-order valence-corrected chi connectivity index (χ0v) is 11.4. The lowest BCUT2D eigenvalue weighted by atomic mass is 9.78. The lowest BCUT2D eigenvalue weighted by Gasteiger charge is -2.41. The smallest absolute Gasteiger partial charge is 0.140 e. The van der Waals surface area contributed by atoms with E-state index in [2.05, 4.69) is 29.2 Å². The normalized spacial score (nSPS) is 18.4. The van der Waals surface area contributed by atoms with Crippen molar-refractivity contribution in [3.63, 3.8) is 0 Å². The molecule has 1 N–H and O–H groups in total. The van der Waals surface area contributed by atoms with Gasteiger partial charge in [0.1, 0.15) is 12.2 Å². The minimum absolute atomic E-state index is 0.149. The summed E-state index contributed by atoms with van der Waals surface area (Å²) in [5, 5.41) is 7.80. The zero-order chi connectivity index (χ0) is 12.3. The molecule has 96 valence electrons. The van der Waals surface area contributed by atoms with Gasteiger partial charge in [-0.2, -0.15) is 5.10 Å². The number of halogens is 1. The number of hydrogen-bond acceptors (Lipinski definition) is 3. The van der Waals surface area contributed by atoms with Gasteiger partial charge < -0.3 is 5.32 Å². The van der Waals surface area contributed by atoms with Crippen LogP contribution in [-0.4, -0.2) is 26.2 Å². The average Bonchev–Trinajstić information content (AvgIpc) is 2.64. The first kappa shape index (κ1) is 12.8. The highest BCUT2D eigenvalue weighted by Gasteiger charge is 2.35. The van der Waals surface area contributed by atoms with Crippen molar-refractivity contribution >= 4 is 11.6 Å². The molecular weight excluding hydrogens is 236 g/mol. The van der Waals surface area contributed by atoms with Crippen molar-refractivity contribution in [2.24, 2.45) is 5.92 Å². The van der Waals surface area contributed by atoms with E-state index in [1.165, 1.54) is 19.3 Å². The molecule has 4 nitrogen and oxygen atoms in total. The third kappa shape index (κ3) is 2.99. The molecule has 0 radical (unpaired) electrons. The van der Waals surface area contributed by atoms with Gasteiger partial charge in [-0.3, -0.25) is 0 Å². The molecule has 1 fully saturated rings. The fourth-order valence-electron chi connectivity index (χ4n) is 2.15. The average molecular weight is 257 g/mol. The lowest BCUT2D eigenvalue weighted by Crippen LogP contribution is -2.52. The Kier molecular flexibility index (Phi) is 4.05. The summed E-state index contributed by atoms with van der Waals surface area (Å²) in [4.78, 5) is 4.31. The van der Waals surface area contributed by atoms with Gasteiger partial charge in [0.05, 0.1) is 6.54 Å². The van der Waals surface area contributed by atoms with E-state index >= 15 is 0 Å². The highest BCUT2D eigenvalue weighted by atomic mass is 35.5. The van der Waals surface area contributed by atoms with E-state index < -0.39 is 0 Å². The molecule has 5 heteroatoms. The molecular formula is C12H21ClN4. The minimum atomic E-state index is 0.149. The van der Waals surface area contributed by atoms with Gasteiger partial charge in [-0.15, -0.1) is 11.6 Å². The second kappa shape index (κ2) is 5.36. The maximum Gasteiger partial charge on any atom is 0.140 e. The molecule has 2 rings (SSSR count). The van der Waals surface area contributed by atoms with Gasteiger partial charge in [0.25, 0.3) is 0 Å². The quantitative estimate of drug-likeness (QED) is 0.794. The molecule has 1 aliphatic rings. The first-order valence-corrected chi connectivity index (χ1v) is 6.86. The Labute approximate surface area is 108 Å². The number of alkyl halides is 1. The van der Waals surface area contributed by atoms with Crippen molar-refractivity contribution in [3.05, 3.63) is 12.2 Å². The summed E-state index contributed by atoms with van der Waals surface area (Å²) in [5.41, 5.74) is 0.149. The second-order valence-corrected chi connectivity index (χ2v) is 5.64. The van der Waals surface area contributed by atoms with E-state index in [4.69, 9.17) is 11.6 Å². The third-order valence-electron chi connectivity index (χ3n) is 3.42. The van der Waals surface area contributed by atoms with Crippen LogP contribution in [0.4, 0.5) is 0 Å². The van der Waals surface area contributed by atoms with Crippen LogP contribution in [0.1, 0.15) is 38.9 Å². The second-order valence-electron chi connectivity index (χ2n) is 5.37. The molecule has 0 saturated heterocycles. The first-order chi connectivity index (χ1) is 8.15. The van der Waals surface area contributed by atoms with Gasteiger partial charge >= 0.3 is 0 Å². The molecule has 0 aliphatic heterocycles. The van der Waals surface area contributed by atoms with Gasteiger partial charge in [0.15, 0.2) is 0 Å². The Hall–Kier alpha value is -0.610. The molecule has 1 aliphatic carbocycles. The Bertz CT molecular complexity index is 352. The van der Waals surface area contributed by atoms with Crippen molar-refractivity contribution in [3.8, 4) is 0 Å². The number of nitrogens with one attached hydrogen (secondary N) is 1. The van der Waals surface area contributed by atoms with Crippen LogP contribution in [0.15, 0.2) is 6.33 Å². The predicted molar refractivity (Wildman–Crippen MR) is 69.0 cm³/mol. The summed E-state index contributed by atoms with van der Waals surface area (Å²) in [5.74, 6) is 2.28. The lowest BCUT2D eigenvalue weighted by molar-refractivity contribution is 0.207. The summed E-state index contributed by atoms with van der Waals surface area (Å²) < 4.78 is 1.98. The SMILES string of the molecule is CC(C)Cn1ncnc1CNC1(CCl)CCC1. The fourth-order valence-corrected chi connectivity index (χ4v) is 2.51. The summed E-state index contributed by atoms with van der Waals surface area (Å²) in [6, 6.07) is 0. The Morgan fingerprint density at radius 1 is 1.53 bits per heavy atom. The number of nitrogens with zero attached hydrogens (tertiary/aromatic N) is 3. The summed E-state index contributed by atoms with van der Waals surface area (Å²) in [6.07, 6.45) is 5.26. The van der Waals surface area contributed by atoms with Crippen LogP contribution in [0.3, 0.4) is 0 Å². The molecule has 0 spiro atoms. The first-order valence-electron chi connectivity index (χ1n) is 6.33. The highest BCUT2D eigenvalue weighted by molar-refractivity contribution is 6.18. The maximum atomic E-state index is 6.02. The molecule has 0 atom stereocenters. The zero-order valence-electron chi connectivity index (χ0n) is 10.6. The van der Waals surface area contributed by atoms with Crippen molar-refractivity contribution in [2.45, 2.75) is 51.7 Å². The molecule has 0 amide bonds. The molecule has 1 aromatic rings. The Morgan fingerprint density at radius 3 is 2.82 bits per heavy atom. The van der Waals surface area contributed by atoms with Crippen molar-refractivity contribution in [2.75, 3.05) is 5.88 Å². The summed E-state index contributed by atoms with van der Waals surface area (Å²) in [6.45, 7) is 6.06. The predicted octanol–water partition coefficient (Wildman–Crippen LogP) is 2.19. The molecule has 1 aromatic heterocycles. The fraction of sp³-hybridized carbons (Fsp3) is 0.833. The largest absolute Gasteiger partial charge is 0.303 e. The monoisotopic (exact) mass is 256 g/mol. The Morgan fingerprint density at radius 2 is 2.29 bits per heavy atom. The number of aromatic nitrogens is 3. The van der Waals surface area contributed by atoms with Crippen LogP contribution in [0, 0.1) is 5.92 Å². The van der Waals surface area contributed by atoms with Gasteiger partial charge in [-0.05, 0) is 25.2 Å². The van der Waals surface area contributed by atoms with Gasteiger partial charge in [0, 0.05) is 18.0 Å². The Balaban J connectivity index is 1.92. The van der Waals surface area contributed by atoms with Gasteiger partial charge in [-0.25, -0.2) is 9.67 Å². The molecule has 0 bridgehead atoms. The van der Waals surface area contributed by atoms with E-state index in [0.29, 0.717) is 11.8 Å².